The van der Waals surface area contributed by atoms with Gasteiger partial charge < -0.3 is 5.11 Å². The van der Waals surface area contributed by atoms with Gasteiger partial charge in [0, 0.05) is 19.2 Å². The molecule has 1 heterocycles. The zero-order valence-electron chi connectivity index (χ0n) is 9.71. The van der Waals surface area contributed by atoms with Gasteiger partial charge in [-0.15, -0.1) is 0 Å². The highest BCUT2D eigenvalue weighted by Crippen LogP contribution is 2.28. The summed E-state index contributed by atoms with van der Waals surface area (Å²) >= 11 is 0. The summed E-state index contributed by atoms with van der Waals surface area (Å²) in [5.74, 6) is -3.28. The predicted octanol–water partition coefficient (Wildman–Crippen LogP) is 1.06. The van der Waals surface area contributed by atoms with Gasteiger partial charge >= 0.3 is 5.97 Å². The summed E-state index contributed by atoms with van der Waals surface area (Å²) in [4.78, 5) is 9.86. The van der Waals surface area contributed by atoms with Crippen LogP contribution in [0, 0.1) is 17.6 Å². The Labute approximate surface area is 108 Å². The molecule has 0 saturated carbocycles. The predicted molar refractivity (Wildman–Crippen MR) is 60.9 cm³/mol. The third-order valence-corrected chi connectivity index (χ3v) is 4.76. The van der Waals surface area contributed by atoms with Crippen LogP contribution in [0.25, 0.3) is 0 Å². The van der Waals surface area contributed by atoms with E-state index in [0.29, 0.717) is 6.07 Å². The lowest BCUT2D eigenvalue weighted by molar-refractivity contribution is -0.139. The summed E-state index contributed by atoms with van der Waals surface area (Å²) in [7, 11) is -4.02. The van der Waals surface area contributed by atoms with E-state index in [4.69, 9.17) is 5.11 Å². The van der Waals surface area contributed by atoms with Gasteiger partial charge in [0.05, 0.1) is 6.42 Å². The van der Waals surface area contributed by atoms with Crippen molar-refractivity contribution in [2.24, 2.45) is 5.92 Å². The highest BCUT2D eigenvalue weighted by Gasteiger charge is 2.38. The average molecular weight is 291 g/mol. The van der Waals surface area contributed by atoms with E-state index >= 15 is 0 Å². The molecule has 2 rings (SSSR count). The Hall–Kier alpha value is -1.54. The second-order valence-electron chi connectivity index (χ2n) is 4.36. The topological polar surface area (TPSA) is 74.7 Å². The molecule has 104 valence electrons. The van der Waals surface area contributed by atoms with Gasteiger partial charge in [-0.3, -0.25) is 4.79 Å². The van der Waals surface area contributed by atoms with Crippen LogP contribution in [0.5, 0.6) is 0 Å². The van der Waals surface area contributed by atoms with Gasteiger partial charge in [0.15, 0.2) is 0 Å². The van der Waals surface area contributed by atoms with Crippen molar-refractivity contribution in [3.8, 4) is 0 Å². The largest absolute Gasteiger partial charge is 0.481 e. The minimum Gasteiger partial charge on any atom is -0.481 e. The lowest BCUT2D eigenvalue weighted by atomic mass is 10.00. The molecule has 1 aliphatic rings. The van der Waals surface area contributed by atoms with Crippen LogP contribution in [0.3, 0.4) is 0 Å². The van der Waals surface area contributed by atoms with Gasteiger partial charge in [-0.25, -0.2) is 17.2 Å². The third-order valence-electron chi connectivity index (χ3n) is 2.90. The number of rotatable bonds is 4. The van der Waals surface area contributed by atoms with Gasteiger partial charge in [0.1, 0.15) is 16.5 Å². The van der Waals surface area contributed by atoms with Gasteiger partial charge in [-0.1, -0.05) is 0 Å². The number of benzene rings is 1. The molecule has 1 aromatic rings. The van der Waals surface area contributed by atoms with E-state index < -0.39 is 32.5 Å². The van der Waals surface area contributed by atoms with Crippen LogP contribution >= 0.6 is 0 Å². The van der Waals surface area contributed by atoms with Gasteiger partial charge in [0.25, 0.3) is 0 Å². The van der Waals surface area contributed by atoms with E-state index in [-0.39, 0.29) is 25.4 Å². The first-order valence-corrected chi connectivity index (χ1v) is 6.91. The third kappa shape index (κ3) is 2.74. The molecule has 19 heavy (non-hydrogen) atoms. The average Bonchev–Trinajstić information content (AvgIpc) is 2.21. The molecule has 0 bridgehead atoms. The van der Waals surface area contributed by atoms with E-state index in [1.807, 2.05) is 0 Å². The number of hydrogen-bond acceptors (Lipinski definition) is 3. The first-order valence-electron chi connectivity index (χ1n) is 5.47. The zero-order chi connectivity index (χ0) is 14.2. The van der Waals surface area contributed by atoms with Gasteiger partial charge in [0.2, 0.25) is 10.0 Å². The van der Waals surface area contributed by atoms with Crippen molar-refractivity contribution in [3.05, 3.63) is 29.8 Å². The summed E-state index contributed by atoms with van der Waals surface area (Å²) in [6.07, 6.45) is -0.127. The Bertz CT molecular complexity index is 611. The van der Waals surface area contributed by atoms with E-state index in [2.05, 4.69) is 0 Å². The number of carboxylic acid groups (broad SMARTS) is 1. The molecule has 1 aliphatic heterocycles. The van der Waals surface area contributed by atoms with Crippen LogP contribution < -0.4 is 0 Å². The summed E-state index contributed by atoms with van der Waals surface area (Å²) < 4.78 is 51.1. The summed E-state index contributed by atoms with van der Waals surface area (Å²) in [6, 6.07) is 2.23. The fourth-order valence-corrected chi connectivity index (χ4v) is 3.56. The first-order chi connectivity index (χ1) is 8.80. The zero-order valence-corrected chi connectivity index (χ0v) is 10.5. The maximum atomic E-state index is 13.4. The van der Waals surface area contributed by atoms with Crippen molar-refractivity contribution < 1.29 is 27.1 Å². The molecule has 0 unspecified atom stereocenters. The molecule has 0 amide bonds. The monoisotopic (exact) mass is 291 g/mol. The Morgan fingerprint density at radius 2 is 2.00 bits per heavy atom. The minimum atomic E-state index is -4.02. The molecular weight excluding hydrogens is 280 g/mol. The summed E-state index contributed by atoms with van der Waals surface area (Å²) in [5.41, 5.74) is 0. The van der Waals surface area contributed by atoms with Gasteiger partial charge in [-0.2, -0.15) is 4.31 Å². The highest BCUT2D eigenvalue weighted by atomic mass is 32.2. The van der Waals surface area contributed by atoms with Crippen molar-refractivity contribution >= 4 is 16.0 Å². The second-order valence-corrected chi connectivity index (χ2v) is 6.27. The molecule has 0 aliphatic carbocycles. The SMILES string of the molecule is O=C(O)CC1CN(S(=O)(=O)c2ccc(F)cc2F)C1. The number of sulfonamides is 1. The van der Waals surface area contributed by atoms with E-state index in [1.165, 1.54) is 0 Å². The number of carboxylic acids is 1. The fourth-order valence-electron chi connectivity index (χ4n) is 1.92. The lowest BCUT2D eigenvalue weighted by Crippen LogP contribution is -2.50. The smallest absolute Gasteiger partial charge is 0.303 e. The number of carbonyl (C=O) groups is 1. The van der Waals surface area contributed by atoms with Crippen LogP contribution in [0.2, 0.25) is 0 Å². The number of hydrogen-bond donors (Lipinski definition) is 1. The Morgan fingerprint density at radius 3 is 2.53 bits per heavy atom. The molecule has 5 nitrogen and oxygen atoms in total. The molecule has 0 atom stereocenters. The van der Waals surface area contributed by atoms with Crippen LogP contribution in [0.4, 0.5) is 8.78 Å². The quantitative estimate of drug-likeness (QED) is 0.900. The van der Waals surface area contributed by atoms with E-state index in [9.17, 15) is 22.0 Å². The first kappa shape index (κ1) is 13.9. The Kier molecular flexibility index (Phi) is 3.55. The Morgan fingerprint density at radius 1 is 1.37 bits per heavy atom. The molecule has 1 aromatic carbocycles. The van der Waals surface area contributed by atoms with Crippen LogP contribution in [-0.4, -0.2) is 36.9 Å². The van der Waals surface area contributed by atoms with Crippen molar-refractivity contribution in [2.75, 3.05) is 13.1 Å². The molecule has 1 saturated heterocycles. The lowest BCUT2D eigenvalue weighted by Gasteiger charge is -2.37. The van der Waals surface area contributed by atoms with Crippen LogP contribution in [0.1, 0.15) is 6.42 Å². The standard InChI is InChI=1S/C11H11F2NO4S/c12-8-1-2-10(9(13)4-8)19(17,18)14-5-7(6-14)3-11(15)16/h1-2,4,7H,3,5-6H2,(H,15,16). The minimum absolute atomic E-state index is 0.0332. The molecule has 8 heteroatoms. The molecule has 0 radical (unpaired) electrons. The normalized spacial score (nSPS) is 17.2. The van der Waals surface area contributed by atoms with E-state index in [1.54, 1.807) is 0 Å². The maximum Gasteiger partial charge on any atom is 0.303 e. The maximum absolute atomic E-state index is 13.4. The van der Waals surface area contributed by atoms with Crippen molar-refractivity contribution in [2.45, 2.75) is 11.3 Å². The van der Waals surface area contributed by atoms with Crippen LogP contribution in [-0.2, 0) is 14.8 Å². The number of aliphatic carboxylic acids is 1. The Balaban J connectivity index is 2.14. The van der Waals surface area contributed by atoms with Crippen LogP contribution in [0.15, 0.2) is 23.1 Å². The van der Waals surface area contributed by atoms with Crippen molar-refractivity contribution in [3.63, 3.8) is 0 Å². The molecular formula is C11H11F2NO4S. The summed E-state index contributed by atoms with van der Waals surface area (Å²) in [6.45, 7) is 0.0664. The molecule has 1 N–H and O–H groups in total. The molecule has 1 fully saturated rings. The van der Waals surface area contributed by atoms with E-state index in [0.717, 1.165) is 16.4 Å². The number of nitrogens with zero attached hydrogens (tertiary/aromatic N) is 1. The number of halogens is 2. The van der Waals surface area contributed by atoms with Gasteiger partial charge in [-0.05, 0) is 18.1 Å². The molecule has 0 aromatic heterocycles. The highest BCUT2D eigenvalue weighted by molar-refractivity contribution is 7.89. The van der Waals surface area contributed by atoms with Crippen molar-refractivity contribution in [1.82, 2.24) is 4.31 Å². The molecule has 0 spiro atoms. The second kappa shape index (κ2) is 4.86. The summed E-state index contributed by atoms with van der Waals surface area (Å²) in [5, 5.41) is 8.56. The fraction of sp³-hybridized carbons (Fsp3) is 0.364. The van der Waals surface area contributed by atoms with Crippen molar-refractivity contribution in [1.29, 1.82) is 0 Å².